The average molecular weight is 316 g/mol. The highest BCUT2D eigenvalue weighted by molar-refractivity contribution is 5.76. The number of aliphatic imine (C=N–C) groups is 1. The van der Waals surface area contributed by atoms with Crippen LogP contribution in [0.15, 0.2) is 89.1 Å². The number of benzene rings is 2. The van der Waals surface area contributed by atoms with Crippen LogP contribution in [0.1, 0.15) is 26.7 Å². The lowest BCUT2D eigenvalue weighted by Crippen LogP contribution is -2.20. The first-order chi connectivity index (χ1) is 11.6. The van der Waals surface area contributed by atoms with Crippen LogP contribution in [-0.4, -0.2) is 6.21 Å². The Morgan fingerprint density at radius 2 is 1.58 bits per heavy atom. The standard InChI is InChI=1S/C22H24N2/c1-22(2)16-18(13-14-23-19-9-5-3-6-10-19)15-21(17-22)24-20-11-7-4-8-12-20/h3-15,24H,16-17H2,1-2H3/b18-13+,23-14?. The van der Waals surface area contributed by atoms with Crippen LogP contribution in [0.5, 0.6) is 0 Å². The Morgan fingerprint density at radius 3 is 2.29 bits per heavy atom. The van der Waals surface area contributed by atoms with Gasteiger partial charge in [0.1, 0.15) is 0 Å². The van der Waals surface area contributed by atoms with Gasteiger partial charge in [0.2, 0.25) is 0 Å². The second kappa shape index (κ2) is 7.31. The third-order valence-electron chi connectivity index (χ3n) is 4.06. The molecule has 0 aromatic heterocycles. The number of rotatable bonds is 4. The van der Waals surface area contributed by atoms with Gasteiger partial charge in [-0.3, -0.25) is 4.99 Å². The summed E-state index contributed by atoms with van der Waals surface area (Å²) in [5, 5.41) is 3.55. The van der Waals surface area contributed by atoms with E-state index in [0.717, 1.165) is 24.2 Å². The van der Waals surface area contributed by atoms with E-state index in [1.54, 1.807) is 0 Å². The molecular weight excluding hydrogens is 292 g/mol. The number of para-hydroxylation sites is 2. The molecule has 122 valence electrons. The van der Waals surface area contributed by atoms with Gasteiger partial charge in [-0.2, -0.15) is 0 Å². The van der Waals surface area contributed by atoms with Gasteiger partial charge >= 0.3 is 0 Å². The first kappa shape index (κ1) is 16.3. The van der Waals surface area contributed by atoms with Gasteiger partial charge in [0.15, 0.2) is 0 Å². The van der Waals surface area contributed by atoms with Gasteiger partial charge in [0.25, 0.3) is 0 Å². The summed E-state index contributed by atoms with van der Waals surface area (Å²) < 4.78 is 0. The van der Waals surface area contributed by atoms with E-state index in [-0.39, 0.29) is 5.41 Å². The van der Waals surface area contributed by atoms with Crippen molar-refractivity contribution in [3.8, 4) is 0 Å². The average Bonchev–Trinajstić information content (AvgIpc) is 2.55. The number of anilines is 1. The summed E-state index contributed by atoms with van der Waals surface area (Å²) in [6, 6.07) is 20.4. The molecule has 0 amide bonds. The molecule has 1 N–H and O–H groups in total. The zero-order chi connectivity index (χ0) is 16.8. The van der Waals surface area contributed by atoms with Crippen molar-refractivity contribution in [2.45, 2.75) is 26.7 Å². The Bertz CT molecular complexity index is 753. The fraction of sp³-hybridized carbons (Fsp3) is 0.227. The summed E-state index contributed by atoms with van der Waals surface area (Å²) in [7, 11) is 0. The fourth-order valence-corrected chi connectivity index (χ4v) is 3.08. The van der Waals surface area contributed by atoms with E-state index in [2.05, 4.69) is 60.6 Å². The zero-order valence-corrected chi connectivity index (χ0v) is 14.4. The van der Waals surface area contributed by atoms with Gasteiger partial charge in [0.05, 0.1) is 5.69 Å². The summed E-state index contributed by atoms with van der Waals surface area (Å²) in [5.74, 6) is 0. The summed E-state index contributed by atoms with van der Waals surface area (Å²) >= 11 is 0. The lowest BCUT2D eigenvalue weighted by atomic mass is 9.77. The molecule has 1 aliphatic rings. The van der Waals surface area contributed by atoms with Crippen LogP contribution < -0.4 is 5.32 Å². The van der Waals surface area contributed by atoms with Crippen LogP contribution in [0, 0.1) is 5.41 Å². The molecule has 0 fully saturated rings. The van der Waals surface area contributed by atoms with Gasteiger partial charge < -0.3 is 5.32 Å². The highest BCUT2D eigenvalue weighted by Crippen LogP contribution is 2.38. The minimum absolute atomic E-state index is 0.248. The molecule has 0 saturated heterocycles. The van der Waals surface area contributed by atoms with Crippen LogP contribution in [0.4, 0.5) is 11.4 Å². The van der Waals surface area contributed by atoms with E-state index in [1.165, 1.54) is 11.3 Å². The Balaban J connectivity index is 1.77. The summed E-state index contributed by atoms with van der Waals surface area (Å²) in [6.45, 7) is 4.63. The largest absolute Gasteiger partial charge is 0.359 e. The van der Waals surface area contributed by atoms with Crippen molar-refractivity contribution < 1.29 is 0 Å². The number of nitrogens with zero attached hydrogens (tertiary/aromatic N) is 1. The Labute approximate surface area is 144 Å². The van der Waals surface area contributed by atoms with Crippen molar-refractivity contribution in [3.05, 3.63) is 84.1 Å². The minimum Gasteiger partial charge on any atom is -0.359 e. The number of hydrogen-bond acceptors (Lipinski definition) is 2. The van der Waals surface area contributed by atoms with Crippen LogP contribution in [0.2, 0.25) is 0 Å². The van der Waals surface area contributed by atoms with E-state index < -0.39 is 0 Å². The van der Waals surface area contributed by atoms with Gasteiger partial charge in [-0.05, 0) is 60.2 Å². The maximum Gasteiger partial charge on any atom is 0.0629 e. The number of nitrogens with one attached hydrogen (secondary N) is 1. The Hall–Kier alpha value is -2.61. The predicted molar refractivity (Wildman–Crippen MR) is 104 cm³/mol. The lowest BCUT2D eigenvalue weighted by Gasteiger charge is -2.31. The molecule has 0 saturated carbocycles. The molecule has 3 rings (SSSR count). The zero-order valence-electron chi connectivity index (χ0n) is 14.4. The van der Waals surface area contributed by atoms with E-state index in [9.17, 15) is 0 Å². The Morgan fingerprint density at radius 1 is 0.917 bits per heavy atom. The van der Waals surface area contributed by atoms with Crippen LogP contribution >= 0.6 is 0 Å². The number of allylic oxidation sites excluding steroid dienone is 4. The van der Waals surface area contributed by atoms with Crippen molar-refractivity contribution in [3.63, 3.8) is 0 Å². The molecule has 24 heavy (non-hydrogen) atoms. The van der Waals surface area contributed by atoms with Crippen LogP contribution in [0.3, 0.4) is 0 Å². The van der Waals surface area contributed by atoms with E-state index in [4.69, 9.17) is 0 Å². The summed E-state index contributed by atoms with van der Waals surface area (Å²) in [6.07, 6.45) is 8.40. The monoisotopic (exact) mass is 316 g/mol. The van der Waals surface area contributed by atoms with E-state index >= 15 is 0 Å². The smallest absolute Gasteiger partial charge is 0.0629 e. The fourth-order valence-electron chi connectivity index (χ4n) is 3.08. The number of hydrogen-bond donors (Lipinski definition) is 1. The van der Waals surface area contributed by atoms with Crippen molar-refractivity contribution >= 4 is 17.6 Å². The SMILES string of the molecule is CC1(C)CC(Nc2ccccc2)=C/C(=C\C=Nc2ccccc2)C1. The second-order valence-corrected chi connectivity index (χ2v) is 7.03. The van der Waals surface area contributed by atoms with Gasteiger partial charge in [-0.15, -0.1) is 0 Å². The van der Waals surface area contributed by atoms with Crippen molar-refractivity contribution in [2.24, 2.45) is 10.4 Å². The maximum absolute atomic E-state index is 4.51. The Kier molecular flexibility index (Phi) is 4.95. The molecule has 2 aromatic rings. The second-order valence-electron chi connectivity index (χ2n) is 7.03. The molecule has 2 heteroatoms. The molecule has 0 aliphatic heterocycles. The van der Waals surface area contributed by atoms with Crippen LogP contribution in [0.25, 0.3) is 0 Å². The lowest BCUT2D eigenvalue weighted by molar-refractivity contribution is 0.353. The molecular formula is C22H24N2. The quantitative estimate of drug-likeness (QED) is 0.674. The highest BCUT2D eigenvalue weighted by atomic mass is 14.9. The predicted octanol–water partition coefficient (Wildman–Crippen LogP) is 6.13. The first-order valence-corrected chi connectivity index (χ1v) is 8.42. The molecule has 0 heterocycles. The molecule has 0 bridgehead atoms. The first-order valence-electron chi connectivity index (χ1n) is 8.42. The summed E-state index contributed by atoms with van der Waals surface area (Å²) in [5.41, 5.74) is 4.94. The van der Waals surface area contributed by atoms with E-state index in [1.807, 2.05) is 42.6 Å². The van der Waals surface area contributed by atoms with Crippen molar-refractivity contribution in [1.82, 2.24) is 0 Å². The molecule has 0 unspecified atom stereocenters. The van der Waals surface area contributed by atoms with Crippen LogP contribution in [-0.2, 0) is 0 Å². The molecule has 0 radical (unpaired) electrons. The minimum atomic E-state index is 0.248. The third kappa shape index (κ3) is 4.69. The summed E-state index contributed by atoms with van der Waals surface area (Å²) in [4.78, 5) is 4.51. The van der Waals surface area contributed by atoms with Crippen molar-refractivity contribution in [2.75, 3.05) is 5.32 Å². The van der Waals surface area contributed by atoms with E-state index in [0.29, 0.717) is 0 Å². The van der Waals surface area contributed by atoms with Crippen molar-refractivity contribution in [1.29, 1.82) is 0 Å². The molecule has 1 aliphatic carbocycles. The maximum atomic E-state index is 4.51. The third-order valence-corrected chi connectivity index (χ3v) is 4.06. The van der Waals surface area contributed by atoms with Gasteiger partial charge in [-0.1, -0.05) is 50.2 Å². The normalized spacial score (nSPS) is 18.6. The molecule has 2 aromatic carbocycles. The highest BCUT2D eigenvalue weighted by Gasteiger charge is 2.25. The molecule has 2 nitrogen and oxygen atoms in total. The van der Waals surface area contributed by atoms with Gasteiger partial charge in [-0.25, -0.2) is 0 Å². The topological polar surface area (TPSA) is 24.4 Å². The molecule has 0 spiro atoms. The van der Waals surface area contributed by atoms with Gasteiger partial charge in [0, 0.05) is 17.6 Å². The molecule has 0 atom stereocenters.